The summed E-state index contributed by atoms with van der Waals surface area (Å²) in [5, 5.41) is 2.92. The molecule has 0 saturated carbocycles. The molecule has 1 amide bonds. The summed E-state index contributed by atoms with van der Waals surface area (Å²) in [6, 6.07) is 16.1. The van der Waals surface area contributed by atoms with Crippen molar-refractivity contribution in [3.63, 3.8) is 0 Å². The Balaban J connectivity index is 1.81. The van der Waals surface area contributed by atoms with Gasteiger partial charge in [-0.2, -0.15) is 0 Å². The molecular weight excluding hydrogens is 366 g/mol. The Labute approximate surface area is 152 Å². The van der Waals surface area contributed by atoms with Crippen LogP contribution in [0.2, 0.25) is 0 Å². The predicted octanol–water partition coefficient (Wildman–Crippen LogP) is 4.87. The number of amides is 1. The molecule has 3 nitrogen and oxygen atoms in total. The lowest BCUT2D eigenvalue weighted by molar-refractivity contribution is -0.123. The average Bonchev–Trinajstić information content (AvgIpc) is 2.59. The van der Waals surface area contributed by atoms with Gasteiger partial charge in [0.1, 0.15) is 5.75 Å². The molecule has 1 unspecified atom stereocenters. The maximum Gasteiger partial charge on any atom is 0.257 e. The number of benzene rings is 2. The molecule has 0 spiro atoms. The van der Waals surface area contributed by atoms with Crippen LogP contribution in [0.1, 0.15) is 43.7 Å². The van der Waals surface area contributed by atoms with E-state index in [9.17, 15) is 4.79 Å². The zero-order valence-corrected chi connectivity index (χ0v) is 16.0. The van der Waals surface area contributed by atoms with Crippen molar-refractivity contribution in [3.05, 3.63) is 64.1 Å². The molecule has 0 heterocycles. The van der Waals surface area contributed by atoms with E-state index in [4.69, 9.17) is 4.74 Å². The van der Waals surface area contributed by atoms with E-state index in [1.54, 1.807) is 0 Å². The highest BCUT2D eigenvalue weighted by Crippen LogP contribution is 2.28. The highest BCUT2D eigenvalue weighted by atomic mass is 79.9. The zero-order valence-electron chi connectivity index (χ0n) is 14.4. The van der Waals surface area contributed by atoms with Crippen molar-refractivity contribution in [1.29, 1.82) is 0 Å². The second kappa shape index (κ2) is 8.88. The van der Waals surface area contributed by atoms with E-state index in [0.717, 1.165) is 4.47 Å². The van der Waals surface area contributed by atoms with Crippen molar-refractivity contribution in [3.8, 4) is 5.75 Å². The summed E-state index contributed by atoms with van der Waals surface area (Å²) in [4.78, 5) is 12.0. The average molecular weight is 390 g/mol. The Morgan fingerprint density at radius 2 is 1.79 bits per heavy atom. The zero-order chi connectivity index (χ0) is 17.5. The molecule has 2 aromatic rings. The van der Waals surface area contributed by atoms with E-state index >= 15 is 0 Å². The number of halogens is 1. The minimum Gasteiger partial charge on any atom is -0.483 e. The third-order valence-electron chi connectivity index (χ3n) is 3.96. The lowest BCUT2D eigenvalue weighted by atomic mass is 10.0. The third kappa shape index (κ3) is 5.38. The summed E-state index contributed by atoms with van der Waals surface area (Å²) >= 11 is 3.50. The summed E-state index contributed by atoms with van der Waals surface area (Å²) in [5.74, 6) is 1.30. The fourth-order valence-electron chi connectivity index (χ4n) is 2.35. The number of ether oxygens (including phenoxy) is 1. The van der Waals surface area contributed by atoms with Crippen LogP contribution in [0.4, 0.5) is 0 Å². The smallest absolute Gasteiger partial charge is 0.257 e. The molecule has 1 N–H and O–H groups in total. The second-order valence-corrected chi connectivity index (χ2v) is 7.10. The van der Waals surface area contributed by atoms with E-state index in [0.29, 0.717) is 18.2 Å². The first-order valence-corrected chi connectivity index (χ1v) is 9.00. The molecule has 0 radical (unpaired) electrons. The van der Waals surface area contributed by atoms with E-state index in [-0.39, 0.29) is 18.4 Å². The molecule has 0 aliphatic heterocycles. The van der Waals surface area contributed by atoms with Gasteiger partial charge >= 0.3 is 0 Å². The molecule has 2 rings (SSSR count). The summed E-state index contributed by atoms with van der Waals surface area (Å²) in [6.07, 6.45) is 0. The van der Waals surface area contributed by atoms with E-state index in [1.807, 2.05) is 36.4 Å². The lowest BCUT2D eigenvalue weighted by Gasteiger charge is -2.14. The number of hydrogen-bond acceptors (Lipinski definition) is 2. The van der Waals surface area contributed by atoms with Gasteiger partial charge in [-0.3, -0.25) is 4.79 Å². The van der Waals surface area contributed by atoms with E-state index in [2.05, 4.69) is 54.2 Å². The summed E-state index contributed by atoms with van der Waals surface area (Å²) in [6.45, 7) is 6.99. The van der Waals surface area contributed by atoms with Crippen molar-refractivity contribution < 1.29 is 9.53 Å². The number of carbonyl (C=O) groups is 1. The number of carbonyl (C=O) groups excluding carboxylic acids is 1. The molecule has 2 aromatic carbocycles. The van der Waals surface area contributed by atoms with Crippen LogP contribution in [0.15, 0.2) is 53.0 Å². The molecule has 1 atom stereocenters. The standard InChI is InChI=1S/C20H24BrNO2/c1-14(2)17-9-10-19(18(21)11-17)24-13-20(23)22-12-15(3)16-7-5-4-6-8-16/h4-11,14-15H,12-13H2,1-3H3,(H,22,23). The van der Waals surface area contributed by atoms with E-state index in [1.165, 1.54) is 11.1 Å². The van der Waals surface area contributed by atoms with Crippen molar-refractivity contribution in [2.24, 2.45) is 0 Å². The summed E-state index contributed by atoms with van der Waals surface area (Å²) in [5.41, 5.74) is 2.45. The molecule has 0 fully saturated rings. The Kier molecular flexibility index (Phi) is 6.85. The molecule has 0 aromatic heterocycles. The Hall–Kier alpha value is -1.81. The number of hydrogen-bond donors (Lipinski definition) is 1. The van der Waals surface area contributed by atoms with Gasteiger partial charge in [-0.05, 0) is 51.0 Å². The second-order valence-electron chi connectivity index (χ2n) is 6.25. The van der Waals surface area contributed by atoms with Gasteiger partial charge in [0.15, 0.2) is 6.61 Å². The molecule has 24 heavy (non-hydrogen) atoms. The van der Waals surface area contributed by atoms with Crippen LogP contribution in [0.3, 0.4) is 0 Å². The largest absolute Gasteiger partial charge is 0.483 e. The van der Waals surface area contributed by atoms with Crippen LogP contribution in [0, 0.1) is 0 Å². The van der Waals surface area contributed by atoms with Gasteiger partial charge in [-0.15, -0.1) is 0 Å². The SMILES string of the molecule is CC(C)c1ccc(OCC(=O)NCC(C)c2ccccc2)c(Br)c1. The first kappa shape index (κ1) is 18.5. The van der Waals surface area contributed by atoms with Crippen LogP contribution in [-0.2, 0) is 4.79 Å². The number of nitrogens with one attached hydrogen (secondary N) is 1. The van der Waals surface area contributed by atoms with Crippen LogP contribution in [0.5, 0.6) is 5.75 Å². The Bertz CT molecular complexity index is 671. The molecule has 128 valence electrons. The van der Waals surface area contributed by atoms with Crippen LogP contribution < -0.4 is 10.1 Å². The topological polar surface area (TPSA) is 38.3 Å². The maximum absolute atomic E-state index is 12.0. The van der Waals surface area contributed by atoms with Crippen LogP contribution in [0.25, 0.3) is 0 Å². The minimum atomic E-state index is -0.113. The summed E-state index contributed by atoms with van der Waals surface area (Å²) < 4.78 is 6.49. The fraction of sp³-hybridized carbons (Fsp3) is 0.350. The minimum absolute atomic E-state index is 0.0150. The molecule has 0 saturated heterocycles. The van der Waals surface area contributed by atoms with Crippen LogP contribution in [-0.4, -0.2) is 19.1 Å². The van der Waals surface area contributed by atoms with Gasteiger partial charge < -0.3 is 10.1 Å². The fourth-order valence-corrected chi connectivity index (χ4v) is 2.86. The van der Waals surface area contributed by atoms with Gasteiger partial charge in [0.2, 0.25) is 0 Å². The quantitative estimate of drug-likeness (QED) is 0.733. The van der Waals surface area contributed by atoms with Gasteiger partial charge in [0.05, 0.1) is 4.47 Å². The van der Waals surface area contributed by atoms with E-state index < -0.39 is 0 Å². The first-order valence-electron chi connectivity index (χ1n) is 8.21. The van der Waals surface area contributed by atoms with Gasteiger partial charge in [-0.1, -0.05) is 57.2 Å². The van der Waals surface area contributed by atoms with Crippen molar-refractivity contribution in [1.82, 2.24) is 5.32 Å². The van der Waals surface area contributed by atoms with Crippen molar-refractivity contribution >= 4 is 21.8 Å². The highest BCUT2D eigenvalue weighted by molar-refractivity contribution is 9.10. The van der Waals surface area contributed by atoms with Crippen molar-refractivity contribution in [2.75, 3.05) is 13.2 Å². The monoisotopic (exact) mass is 389 g/mol. The molecule has 4 heteroatoms. The first-order chi connectivity index (χ1) is 11.5. The maximum atomic E-state index is 12.0. The summed E-state index contributed by atoms with van der Waals surface area (Å²) in [7, 11) is 0. The van der Waals surface area contributed by atoms with Gasteiger partial charge in [-0.25, -0.2) is 0 Å². The molecule has 0 bridgehead atoms. The third-order valence-corrected chi connectivity index (χ3v) is 4.58. The Morgan fingerprint density at radius 1 is 1.08 bits per heavy atom. The molecule has 0 aliphatic rings. The predicted molar refractivity (Wildman–Crippen MR) is 102 cm³/mol. The molecule has 0 aliphatic carbocycles. The highest BCUT2D eigenvalue weighted by Gasteiger charge is 2.10. The Morgan fingerprint density at radius 3 is 2.42 bits per heavy atom. The molecular formula is C20H24BrNO2. The normalized spacial score (nSPS) is 12.0. The number of rotatable bonds is 7. The van der Waals surface area contributed by atoms with Crippen molar-refractivity contribution in [2.45, 2.75) is 32.6 Å². The lowest BCUT2D eigenvalue weighted by Crippen LogP contribution is -2.31. The van der Waals surface area contributed by atoms with Gasteiger partial charge in [0, 0.05) is 6.54 Å². The van der Waals surface area contributed by atoms with Gasteiger partial charge in [0.25, 0.3) is 5.91 Å². The van der Waals surface area contributed by atoms with Crippen LogP contribution >= 0.6 is 15.9 Å².